The molecule has 2 aromatic heterocycles. The molecule has 1 fully saturated rings. The van der Waals surface area contributed by atoms with Crippen LogP contribution >= 0.6 is 0 Å². The van der Waals surface area contributed by atoms with Crippen molar-refractivity contribution < 1.29 is 0 Å². The maximum absolute atomic E-state index is 5.12. The van der Waals surface area contributed by atoms with E-state index >= 15 is 0 Å². The smallest absolute Gasteiger partial charge is 0.117 e. The lowest BCUT2D eigenvalue weighted by atomic mass is 10.00. The molecule has 0 saturated carbocycles. The Hall–Kier alpha value is -2.39. The van der Waals surface area contributed by atoms with Crippen molar-refractivity contribution in [3.63, 3.8) is 0 Å². The molecule has 0 aliphatic carbocycles. The lowest BCUT2D eigenvalue weighted by Gasteiger charge is -2.17. The van der Waals surface area contributed by atoms with Crippen LogP contribution in [-0.4, -0.2) is 33.9 Å². The molecule has 25 heavy (non-hydrogen) atoms. The second kappa shape index (κ2) is 7.24. The van der Waals surface area contributed by atoms with E-state index in [-0.39, 0.29) is 0 Å². The Balaban J connectivity index is 1.72. The van der Waals surface area contributed by atoms with E-state index in [0.717, 1.165) is 31.7 Å². The van der Waals surface area contributed by atoms with Gasteiger partial charge in [-0.25, -0.2) is 4.98 Å². The number of likely N-dealkylation sites (tertiary alicyclic amines) is 1. The molecule has 3 heterocycles. The quantitative estimate of drug-likeness (QED) is 0.643. The molecule has 4 rings (SSSR count). The average molecular weight is 331 g/mol. The third-order valence-corrected chi connectivity index (χ3v) is 5.20. The summed E-state index contributed by atoms with van der Waals surface area (Å²) in [6, 6.07) is 16.9. The van der Waals surface area contributed by atoms with Crippen LogP contribution in [0.5, 0.6) is 0 Å². The molecule has 1 atom stereocenters. The molecule has 1 saturated heterocycles. The number of hydrogen-bond acceptors (Lipinski definition) is 2. The van der Waals surface area contributed by atoms with Gasteiger partial charge in [0, 0.05) is 24.2 Å². The van der Waals surface area contributed by atoms with Crippen LogP contribution in [0.1, 0.15) is 31.0 Å². The first-order valence-corrected chi connectivity index (χ1v) is 9.22. The number of rotatable bonds is 4. The van der Waals surface area contributed by atoms with Gasteiger partial charge in [-0.05, 0) is 44.5 Å². The van der Waals surface area contributed by atoms with Crippen LogP contribution in [0.4, 0.5) is 0 Å². The van der Waals surface area contributed by atoms with Crippen LogP contribution in [0, 0.1) is 0 Å². The molecule has 0 N–H and O–H groups in total. The number of benzene rings is 1. The highest BCUT2D eigenvalue weighted by atomic mass is 15.1. The summed E-state index contributed by atoms with van der Waals surface area (Å²) >= 11 is 0. The van der Waals surface area contributed by atoms with Crippen LogP contribution in [0.15, 0.2) is 67.4 Å². The highest BCUT2D eigenvalue weighted by molar-refractivity contribution is 5.77. The minimum atomic E-state index is 0.516. The summed E-state index contributed by atoms with van der Waals surface area (Å²) in [5.74, 6) is 1.73. The largest absolute Gasteiger partial charge is 0.303 e. The van der Waals surface area contributed by atoms with Gasteiger partial charge in [0.05, 0.1) is 11.2 Å². The minimum Gasteiger partial charge on any atom is -0.303 e. The molecule has 3 aromatic rings. The van der Waals surface area contributed by atoms with E-state index in [1.807, 2.05) is 6.08 Å². The Morgan fingerprint density at radius 3 is 2.72 bits per heavy atom. The topological polar surface area (TPSA) is 20.5 Å². The molecule has 3 nitrogen and oxygen atoms in total. The molecule has 1 aromatic carbocycles. The predicted octanol–water partition coefficient (Wildman–Crippen LogP) is 4.76. The SMILES string of the molecule is C=CCN1CCCC(c2nc(-c3ccccc3)c3ccccn23)CC1. The maximum Gasteiger partial charge on any atom is 0.117 e. The Bertz CT molecular complexity index is 850. The zero-order valence-corrected chi connectivity index (χ0v) is 14.6. The van der Waals surface area contributed by atoms with Crippen molar-refractivity contribution in [2.24, 2.45) is 0 Å². The number of imidazole rings is 1. The highest BCUT2D eigenvalue weighted by Crippen LogP contribution is 2.32. The summed E-state index contributed by atoms with van der Waals surface area (Å²) < 4.78 is 2.30. The van der Waals surface area contributed by atoms with Gasteiger partial charge in [-0.1, -0.05) is 42.5 Å². The van der Waals surface area contributed by atoms with Gasteiger partial charge < -0.3 is 4.40 Å². The van der Waals surface area contributed by atoms with Gasteiger partial charge in [0.1, 0.15) is 5.82 Å². The van der Waals surface area contributed by atoms with Gasteiger partial charge in [-0.15, -0.1) is 6.58 Å². The molecule has 0 radical (unpaired) electrons. The zero-order valence-electron chi connectivity index (χ0n) is 14.6. The Labute approximate surface area is 149 Å². The average Bonchev–Trinajstić information content (AvgIpc) is 2.89. The van der Waals surface area contributed by atoms with E-state index in [1.54, 1.807) is 0 Å². The van der Waals surface area contributed by atoms with E-state index in [0.29, 0.717) is 5.92 Å². The normalized spacial score (nSPS) is 19.0. The third-order valence-electron chi connectivity index (χ3n) is 5.20. The first kappa shape index (κ1) is 16.1. The number of fused-ring (bicyclic) bond motifs is 1. The van der Waals surface area contributed by atoms with Crippen LogP contribution < -0.4 is 0 Å². The Morgan fingerprint density at radius 2 is 1.88 bits per heavy atom. The number of pyridine rings is 1. The molecule has 0 bridgehead atoms. The van der Waals surface area contributed by atoms with Crippen LogP contribution in [0.3, 0.4) is 0 Å². The summed E-state index contributed by atoms with van der Waals surface area (Å²) in [6.45, 7) is 7.16. The lowest BCUT2D eigenvalue weighted by Crippen LogP contribution is -2.24. The number of aromatic nitrogens is 2. The standard InChI is InChI=1S/C22H25N3/c1-2-14-24-15-8-11-19(13-17-24)22-23-21(18-9-4-3-5-10-18)20-12-6-7-16-25(20)22/h2-7,9-10,12,16,19H,1,8,11,13-15,17H2. The Morgan fingerprint density at radius 1 is 1.04 bits per heavy atom. The summed E-state index contributed by atoms with van der Waals surface area (Å²) in [5.41, 5.74) is 3.50. The summed E-state index contributed by atoms with van der Waals surface area (Å²) in [4.78, 5) is 7.62. The lowest BCUT2D eigenvalue weighted by molar-refractivity contribution is 0.314. The van der Waals surface area contributed by atoms with Gasteiger partial charge in [0.25, 0.3) is 0 Å². The molecule has 1 aliphatic heterocycles. The van der Waals surface area contributed by atoms with E-state index in [2.05, 4.69) is 70.6 Å². The molecule has 1 aliphatic rings. The molecule has 0 amide bonds. The van der Waals surface area contributed by atoms with Crippen molar-refractivity contribution in [3.8, 4) is 11.3 Å². The van der Waals surface area contributed by atoms with Gasteiger partial charge in [-0.2, -0.15) is 0 Å². The minimum absolute atomic E-state index is 0.516. The van der Waals surface area contributed by atoms with E-state index in [4.69, 9.17) is 4.98 Å². The van der Waals surface area contributed by atoms with Crippen molar-refractivity contribution >= 4 is 5.52 Å². The molecule has 128 valence electrons. The fourth-order valence-corrected chi connectivity index (χ4v) is 3.94. The van der Waals surface area contributed by atoms with Gasteiger partial charge in [0.15, 0.2) is 0 Å². The van der Waals surface area contributed by atoms with Crippen LogP contribution in [0.25, 0.3) is 16.8 Å². The predicted molar refractivity (Wildman–Crippen MR) is 104 cm³/mol. The first-order chi connectivity index (χ1) is 12.4. The maximum atomic E-state index is 5.12. The van der Waals surface area contributed by atoms with E-state index in [1.165, 1.54) is 29.7 Å². The van der Waals surface area contributed by atoms with Gasteiger partial charge in [0.2, 0.25) is 0 Å². The highest BCUT2D eigenvalue weighted by Gasteiger charge is 2.23. The fourth-order valence-electron chi connectivity index (χ4n) is 3.94. The fraction of sp³-hybridized carbons (Fsp3) is 0.318. The second-order valence-electron chi connectivity index (χ2n) is 6.86. The summed E-state index contributed by atoms with van der Waals surface area (Å²) in [7, 11) is 0. The molecule has 0 spiro atoms. The van der Waals surface area contributed by atoms with Crippen molar-refractivity contribution in [2.75, 3.05) is 19.6 Å². The second-order valence-corrected chi connectivity index (χ2v) is 6.86. The third kappa shape index (κ3) is 3.24. The van der Waals surface area contributed by atoms with Gasteiger partial charge in [-0.3, -0.25) is 4.90 Å². The van der Waals surface area contributed by atoms with Crippen molar-refractivity contribution in [2.45, 2.75) is 25.2 Å². The molecular weight excluding hydrogens is 306 g/mol. The van der Waals surface area contributed by atoms with Gasteiger partial charge >= 0.3 is 0 Å². The van der Waals surface area contributed by atoms with Crippen LogP contribution in [0.2, 0.25) is 0 Å². The number of nitrogens with zero attached hydrogens (tertiary/aromatic N) is 3. The zero-order chi connectivity index (χ0) is 17.1. The summed E-state index contributed by atoms with van der Waals surface area (Å²) in [6.07, 6.45) is 7.77. The molecule has 3 heteroatoms. The van der Waals surface area contributed by atoms with Crippen molar-refractivity contribution in [1.82, 2.24) is 14.3 Å². The number of hydrogen-bond donors (Lipinski definition) is 0. The Kier molecular flexibility index (Phi) is 4.66. The van der Waals surface area contributed by atoms with Crippen LogP contribution in [-0.2, 0) is 0 Å². The monoisotopic (exact) mass is 331 g/mol. The van der Waals surface area contributed by atoms with Crippen molar-refractivity contribution in [3.05, 3.63) is 73.2 Å². The molecular formula is C22H25N3. The first-order valence-electron chi connectivity index (χ1n) is 9.22. The molecule has 1 unspecified atom stereocenters. The van der Waals surface area contributed by atoms with E-state index < -0.39 is 0 Å². The van der Waals surface area contributed by atoms with E-state index in [9.17, 15) is 0 Å². The van der Waals surface area contributed by atoms with Crippen molar-refractivity contribution in [1.29, 1.82) is 0 Å². The summed E-state index contributed by atoms with van der Waals surface area (Å²) in [5, 5.41) is 0.